The average Bonchev–Trinajstić information content (AvgIpc) is 3.13. The molecule has 1 aliphatic heterocycles. The van der Waals surface area contributed by atoms with Crippen molar-refractivity contribution in [3.63, 3.8) is 0 Å². The van der Waals surface area contributed by atoms with Crippen molar-refractivity contribution < 1.29 is 27.6 Å². The second-order valence-electron chi connectivity index (χ2n) is 7.56. The third-order valence-corrected chi connectivity index (χ3v) is 5.52. The Morgan fingerprint density at radius 1 is 1.24 bits per heavy atom. The number of rotatable bonds is 7. The molecule has 1 fully saturated rings. The van der Waals surface area contributed by atoms with Gasteiger partial charge in [-0.1, -0.05) is 28.9 Å². The van der Waals surface area contributed by atoms with E-state index >= 15 is 0 Å². The van der Waals surface area contributed by atoms with E-state index in [1.807, 2.05) is 0 Å². The zero-order valence-electron chi connectivity index (χ0n) is 17.4. The smallest absolute Gasteiger partial charge is 0.247 e. The summed E-state index contributed by atoms with van der Waals surface area (Å²) in [6.07, 6.45) is -0.732. The zero-order chi connectivity index (χ0) is 23.7. The van der Waals surface area contributed by atoms with Crippen LogP contribution in [0.4, 0.5) is 8.78 Å². The van der Waals surface area contributed by atoms with Crippen molar-refractivity contribution in [1.29, 1.82) is 0 Å². The van der Waals surface area contributed by atoms with Crippen LogP contribution in [0.1, 0.15) is 11.5 Å². The van der Waals surface area contributed by atoms with Crippen molar-refractivity contribution in [1.82, 2.24) is 15.5 Å². The first-order valence-corrected chi connectivity index (χ1v) is 10.4. The van der Waals surface area contributed by atoms with Gasteiger partial charge in [-0.15, -0.1) is 0 Å². The maximum absolute atomic E-state index is 14.8. The summed E-state index contributed by atoms with van der Waals surface area (Å²) in [5.74, 6) is -2.64. The number of hydrogen-bond acceptors (Lipinski definition) is 6. The molecule has 4 rings (SSSR count). The molecule has 0 radical (unpaired) electrons. The maximum atomic E-state index is 14.8. The number of primary amides is 1. The minimum absolute atomic E-state index is 0.0260. The van der Waals surface area contributed by atoms with Crippen LogP contribution in [-0.2, 0) is 20.7 Å². The van der Waals surface area contributed by atoms with Gasteiger partial charge in [-0.25, -0.2) is 8.78 Å². The quantitative estimate of drug-likeness (QED) is 0.541. The molecule has 1 aliphatic rings. The normalized spacial score (nSPS) is 17.5. The highest BCUT2D eigenvalue weighted by Gasteiger charge is 2.41. The van der Waals surface area contributed by atoms with Crippen LogP contribution in [0.25, 0.3) is 22.5 Å². The first kappa shape index (κ1) is 22.8. The Morgan fingerprint density at radius 2 is 2.03 bits per heavy atom. The standard InChI is InChI=1S/C22H19ClF2N4O4/c1-10-28-21(29-33-10)18-14(7-13(23)8-17(18)25)12-3-2-11(16(24)6-12)4-5-27-22(31)15-9-32-19(15)20(26)30/h2-3,6-8,15,19H,4-5,9H2,1H3,(H2,26,30)(H,27,31)/t15?,19-/m1/s1. The van der Waals surface area contributed by atoms with E-state index in [4.69, 9.17) is 26.6 Å². The van der Waals surface area contributed by atoms with Crippen LogP contribution >= 0.6 is 11.6 Å². The zero-order valence-corrected chi connectivity index (χ0v) is 18.2. The Hall–Kier alpha value is -3.37. The van der Waals surface area contributed by atoms with Gasteiger partial charge in [0.1, 0.15) is 17.7 Å². The van der Waals surface area contributed by atoms with Crippen molar-refractivity contribution in [2.75, 3.05) is 13.2 Å². The highest BCUT2D eigenvalue weighted by Crippen LogP contribution is 2.36. The van der Waals surface area contributed by atoms with Gasteiger partial charge in [-0.3, -0.25) is 9.59 Å². The van der Waals surface area contributed by atoms with E-state index in [9.17, 15) is 18.4 Å². The fraction of sp³-hybridized carbons (Fsp3) is 0.273. The molecule has 1 unspecified atom stereocenters. The molecule has 172 valence electrons. The molecule has 2 aromatic carbocycles. The molecular formula is C22H19ClF2N4O4. The molecule has 3 N–H and O–H groups in total. The number of halogens is 3. The van der Waals surface area contributed by atoms with Gasteiger partial charge in [-0.2, -0.15) is 4.98 Å². The van der Waals surface area contributed by atoms with Crippen LogP contribution in [0.2, 0.25) is 5.02 Å². The number of aromatic nitrogens is 2. The van der Waals surface area contributed by atoms with Crippen molar-refractivity contribution in [3.05, 3.63) is 58.4 Å². The summed E-state index contributed by atoms with van der Waals surface area (Å²) in [5.41, 5.74) is 6.22. The van der Waals surface area contributed by atoms with E-state index in [1.54, 1.807) is 19.1 Å². The number of carbonyl (C=O) groups is 2. The second kappa shape index (κ2) is 9.24. The van der Waals surface area contributed by atoms with Gasteiger partial charge in [-0.05, 0) is 41.3 Å². The Balaban J connectivity index is 1.50. The minimum Gasteiger partial charge on any atom is -0.367 e. The van der Waals surface area contributed by atoms with Crippen LogP contribution in [0, 0.1) is 24.5 Å². The Bertz CT molecular complexity index is 1230. The highest BCUT2D eigenvalue weighted by atomic mass is 35.5. The van der Waals surface area contributed by atoms with Crippen LogP contribution < -0.4 is 11.1 Å². The number of benzene rings is 2. The Morgan fingerprint density at radius 3 is 2.64 bits per heavy atom. The SMILES string of the molecule is Cc1nc(-c2c(F)cc(Cl)cc2-c2ccc(CCNC(=O)C3CO[C@H]3C(N)=O)c(F)c2)no1. The van der Waals surface area contributed by atoms with Gasteiger partial charge in [0, 0.05) is 18.5 Å². The van der Waals surface area contributed by atoms with Crippen molar-refractivity contribution in [2.24, 2.45) is 11.7 Å². The fourth-order valence-electron chi connectivity index (χ4n) is 3.58. The van der Waals surface area contributed by atoms with Gasteiger partial charge >= 0.3 is 0 Å². The Kier molecular flexibility index (Phi) is 6.39. The van der Waals surface area contributed by atoms with E-state index < -0.39 is 29.6 Å². The Labute approximate surface area is 192 Å². The molecule has 8 nitrogen and oxygen atoms in total. The van der Waals surface area contributed by atoms with Gasteiger partial charge in [0.05, 0.1) is 18.1 Å². The molecule has 11 heteroatoms. The lowest BCUT2D eigenvalue weighted by Gasteiger charge is -2.33. The van der Waals surface area contributed by atoms with E-state index in [1.165, 1.54) is 12.1 Å². The van der Waals surface area contributed by atoms with Crippen molar-refractivity contribution in [3.8, 4) is 22.5 Å². The lowest BCUT2D eigenvalue weighted by molar-refractivity contribution is -0.167. The molecule has 1 aromatic heterocycles. The maximum Gasteiger partial charge on any atom is 0.247 e. The number of aryl methyl sites for hydroxylation is 1. The molecule has 0 bridgehead atoms. The molecule has 2 amide bonds. The second-order valence-corrected chi connectivity index (χ2v) is 7.99. The van der Waals surface area contributed by atoms with E-state index in [2.05, 4.69) is 15.5 Å². The van der Waals surface area contributed by atoms with Crippen LogP contribution in [0.15, 0.2) is 34.9 Å². The van der Waals surface area contributed by atoms with Crippen molar-refractivity contribution >= 4 is 23.4 Å². The molecular weight excluding hydrogens is 458 g/mol. The number of nitrogens with two attached hydrogens (primary N) is 1. The molecule has 2 heterocycles. The number of carbonyl (C=O) groups excluding carboxylic acids is 2. The molecule has 33 heavy (non-hydrogen) atoms. The third-order valence-electron chi connectivity index (χ3n) is 5.30. The molecule has 1 saturated heterocycles. The number of nitrogens with zero attached hydrogens (tertiary/aromatic N) is 2. The summed E-state index contributed by atoms with van der Waals surface area (Å²) < 4.78 is 39.5. The summed E-state index contributed by atoms with van der Waals surface area (Å²) in [7, 11) is 0. The van der Waals surface area contributed by atoms with E-state index in [0.717, 1.165) is 6.07 Å². The number of nitrogens with one attached hydrogen (secondary N) is 1. The minimum atomic E-state index is -0.934. The van der Waals surface area contributed by atoms with E-state index in [0.29, 0.717) is 16.7 Å². The lowest BCUT2D eigenvalue weighted by Crippen LogP contribution is -2.55. The summed E-state index contributed by atoms with van der Waals surface area (Å²) >= 11 is 6.03. The summed E-state index contributed by atoms with van der Waals surface area (Å²) in [4.78, 5) is 27.4. The molecule has 2 atom stereocenters. The van der Waals surface area contributed by atoms with E-state index in [-0.39, 0.29) is 47.8 Å². The summed E-state index contributed by atoms with van der Waals surface area (Å²) in [6.45, 7) is 1.83. The molecule has 0 spiro atoms. The molecule has 3 aromatic rings. The predicted octanol–water partition coefficient (Wildman–Crippen LogP) is 2.80. The molecule has 0 aliphatic carbocycles. The largest absolute Gasteiger partial charge is 0.367 e. The number of amides is 2. The average molecular weight is 477 g/mol. The van der Waals surface area contributed by atoms with Crippen molar-refractivity contribution in [2.45, 2.75) is 19.4 Å². The number of ether oxygens (including phenoxy) is 1. The predicted molar refractivity (Wildman–Crippen MR) is 114 cm³/mol. The summed E-state index contributed by atoms with van der Waals surface area (Å²) in [6, 6.07) is 7.03. The van der Waals surface area contributed by atoms with Gasteiger partial charge in [0.15, 0.2) is 0 Å². The number of hydrogen-bond donors (Lipinski definition) is 2. The van der Waals surface area contributed by atoms with Crippen LogP contribution in [0.3, 0.4) is 0 Å². The van der Waals surface area contributed by atoms with Gasteiger partial charge in [0.2, 0.25) is 23.5 Å². The van der Waals surface area contributed by atoms with Gasteiger partial charge in [0.25, 0.3) is 0 Å². The monoisotopic (exact) mass is 476 g/mol. The first-order valence-electron chi connectivity index (χ1n) is 10.0. The first-order chi connectivity index (χ1) is 15.7. The van der Waals surface area contributed by atoms with Gasteiger partial charge < -0.3 is 20.3 Å². The lowest BCUT2D eigenvalue weighted by atomic mass is 9.96. The third kappa shape index (κ3) is 4.71. The van der Waals surface area contributed by atoms with Crippen LogP contribution in [-0.4, -0.2) is 41.2 Å². The molecule has 0 saturated carbocycles. The fourth-order valence-corrected chi connectivity index (χ4v) is 3.79. The topological polar surface area (TPSA) is 120 Å². The summed E-state index contributed by atoms with van der Waals surface area (Å²) in [5, 5.41) is 6.55. The van der Waals surface area contributed by atoms with Crippen LogP contribution in [0.5, 0.6) is 0 Å². The highest BCUT2D eigenvalue weighted by molar-refractivity contribution is 6.31.